The molecule has 0 radical (unpaired) electrons. The van der Waals surface area contributed by atoms with Gasteiger partial charge in [0.1, 0.15) is 6.04 Å². The standard InChI is InChI=1S/C19H27ClN2O3S/c20-15-10-12-17(13-11-15)26(24,25)22-14-6-9-18(22)19(23)21-16-7-4-2-1-3-5-8-16/h10-13,16,18H,1-9,14H2,(H,21,23)/t18-/m1/s1. The number of nitrogens with one attached hydrogen (secondary N) is 1. The highest BCUT2D eigenvalue weighted by Crippen LogP contribution is 2.27. The fourth-order valence-corrected chi connectivity index (χ4v) is 5.71. The second-order valence-corrected chi connectivity index (χ2v) is 9.61. The van der Waals surface area contributed by atoms with E-state index in [1.54, 1.807) is 12.1 Å². The fourth-order valence-electron chi connectivity index (χ4n) is 3.93. The van der Waals surface area contributed by atoms with Gasteiger partial charge >= 0.3 is 0 Å². The van der Waals surface area contributed by atoms with Crippen molar-refractivity contribution >= 4 is 27.5 Å². The van der Waals surface area contributed by atoms with Gasteiger partial charge in [-0.25, -0.2) is 8.42 Å². The number of sulfonamides is 1. The normalized spacial score (nSPS) is 23.3. The molecule has 1 saturated carbocycles. The zero-order chi connectivity index (χ0) is 18.6. The molecule has 0 unspecified atom stereocenters. The Bertz CT molecular complexity index is 713. The number of carbonyl (C=O) groups excluding carboxylic acids is 1. The van der Waals surface area contributed by atoms with E-state index in [0.29, 0.717) is 24.4 Å². The molecule has 144 valence electrons. The number of halogens is 1. The van der Waals surface area contributed by atoms with Crippen LogP contribution in [0.3, 0.4) is 0 Å². The van der Waals surface area contributed by atoms with Gasteiger partial charge in [-0.05, 0) is 49.9 Å². The van der Waals surface area contributed by atoms with E-state index < -0.39 is 16.1 Å². The molecule has 7 heteroatoms. The van der Waals surface area contributed by atoms with Crippen LogP contribution in [0.25, 0.3) is 0 Å². The van der Waals surface area contributed by atoms with Crippen molar-refractivity contribution < 1.29 is 13.2 Å². The average molecular weight is 399 g/mol. The van der Waals surface area contributed by atoms with Gasteiger partial charge < -0.3 is 5.32 Å². The summed E-state index contributed by atoms with van der Waals surface area (Å²) in [6.45, 7) is 0.383. The maximum absolute atomic E-state index is 13.0. The summed E-state index contributed by atoms with van der Waals surface area (Å²) in [4.78, 5) is 13.0. The Balaban J connectivity index is 1.70. The summed E-state index contributed by atoms with van der Waals surface area (Å²) < 4.78 is 27.3. The first-order valence-corrected chi connectivity index (χ1v) is 11.4. The minimum Gasteiger partial charge on any atom is -0.352 e. The Morgan fingerprint density at radius 3 is 2.23 bits per heavy atom. The average Bonchev–Trinajstić information content (AvgIpc) is 3.08. The van der Waals surface area contributed by atoms with Crippen LogP contribution in [0.2, 0.25) is 5.02 Å². The lowest BCUT2D eigenvalue weighted by atomic mass is 9.96. The first-order chi connectivity index (χ1) is 12.5. The zero-order valence-electron chi connectivity index (χ0n) is 15.0. The molecule has 1 saturated heterocycles. The molecule has 0 bridgehead atoms. The monoisotopic (exact) mass is 398 g/mol. The van der Waals surface area contributed by atoms with Crippen LogP contribution in [-0.4, -0.2) is 37.3 Å². The number of carbonyl (C=O) groups is 1. The fraction of sp³-hybridized carbons (Fsp3) is 0.632. The number of benzene rings is 1. The lowest BCUT2D eigenvalue weighted by Crippen LogP contribution is -2.48. The van der Waals surface area contributed by atoms with E-state index in [9.17, 15) is 13.2 Å². The molecule has 3 rings (SSSR count). The van der Waals surface area contributed by atoms with Gasteiger partial charge in [0.05, 0.1) is 4.90 Å². The summed E-state index contributed by atoms with van der Waals surface area (Å²) in [5, 5.41) is 3.61. The summed E-state index contributed by atoms with van der Waals surface area (Å²) in [7, 11) is -3.69. The van der Waals surface area contributed by atoms with E-state index in [-0.39, 0.29) is 16.8 Å². The van der Waals surface area contributed by atoms with Crippen molar-refractivity contribution in [2.24, 2.45) is 0 Å². The van der Waals surface area contributed by atoms with Crippen LogP contribution >= 0.6 is 11.6 Å². The second-order valence-electron chi connectivity index (χ2n) is 7.28. The minimum absolute atomic E-state index is 0.148. The third-order valence-corrected chi connectivity index (χ3v) is 7.55. The van der Waals surface area contributed by atoms with E-state index in [1.807, 2.05) is 0 Å². The van der Waals surface area contributed by atoms with Gasteiger partial charge in [0, 0.05) is 17.6 Å². The molecule has 1 aliphatic heterocycles. The van der Waals surface area contributed by atoms with Gasteiger partial charge in [-0.1, -0.05) is 43.7 Å². The maximum atomic E-state index is 13.0. The summed E-state index contributed by atoms with van der Waals surface area (Å²) in [6, 6.07) is 5.69. The van der Waals surface area contributed by atoms with Gasteiger partial charge in [0.2, 0.25) is 15.9 Å². The van der Waals surface area contributed by atoms with Gasteiger partial charge in [-0.3, -0.25) is 4.79 Å². The maximum Gasteiger partial charge on any atom is 0.243 e. The highest BCUT2D eigenvalue weighted by molar-refractivity contribution is 7.89. The van der Waals surface area contributed by atoms with Crippen LogP contribution in [0.4, 0.5) is 0 Å². The van der Waals surface area contributed by atoms with Crippen LogP contribution in [0, 0.1) is 0 Å². The Morgan fingerprint density at radius 2 is 1.58 bits per heavy atom. The molecule has 0 aromatic heterocycles. The molecule has 26 heavy (non-hydrogen) atoms. The van der Waals surface area contributed by atoms with Crippen molar-refractivity contribution in [2.45, 2.75) is 74.8 Å². The van der Waals surface area contributed by atoms with Crippen LogP contribution in [-0.2, 0) is 14.8 Å². The molecular weight excluding hydrogens is 372 g/mol. The quantitative estimate of drug-likeness (QED) is 0.840. The van der Waals surface area contributed by atoms with Crippen LogP contribution in [0.5, 0.6) is 0 Å². The van der Waals surface area contributed by atoms with Gasteiger partial charge in [0.25, 0.3) is 0 Å². The molecule has 1 amide bonds. The number of hydrogen-bond acceptors (Lipinski definition) is 3. The van der Waals surface area contributed by atoms with E-state index in [1.165, 1.54) is 35.7 Å². The summed E-state index contributed by atoms with van der Waals surface area (Å²) in [6.07, 6.45) is 9.21. The molecule has 1 aliphatic carbocycles. The van der Waals surface area contributed by atoms with Crippen molar-refractivity contribution in [2.75, 3.05) is 6.54 Å². The summed E-state index contributed by atoms with van der Waals surface area (Å²) in [5.41, 5.74) is 0. The van der Waals surface area contributed by atoms with Gasteiger partial charge in [-0.15, -0.1) is 0 Å². The highest BCUT2D eigenvalue weighted by Gasteiger charge is 2.39. The van der Waals surface area contributed by atoms with E-state index >= 15 is 0 Å². The number of hydrogen-bond donors (Lipinski definition) is 1. The first kappa shape index (κ1) is 19.6. The summed E-state index contributed by atoms with van der Waals surface area (Å²) in [5.74, 6) is -0.148. The second kappa shape index (κ2) is 8.72. The lowest BCUT2D eigenvalue weighted by Gasteiger charge is -2.27. The third kappa shape index (κ3) is 4.59. The van der Waals surface area contributed by atoms with Crippen molar-refractivity contribution in [3.63, 3.8) is 0 Å². The molecule has 1 aromatic rings. The molecular formula is C19H27ClN2O3S. The third-order valence-electron chi connectivity index (χ3n) is 5.38. The topological polar surface area (TPSA) is 66.5 Å². The van der Waals surface area contributed by atoms with E-state index in [4.69, 9.17) is 11.6 Å². The van der Waals surface area contributed by atoms with Crippen molar-refractivity contribution in [1.82, 2.24) is 9.62 Å². The van der Waals surface area contributed by atoms with Crippen LogP contribution < -0.4 is 5.32 Å². The Kier molecular flexibility index (Phi) is 6.59. The number of amides is 1. The van der Waals surface area contributed by atoms with Gasteiger partial charge in [0.15, 0.2) is 0 Å². The van der Waals surface area contributed by atoms with Crippen molar-refractivity contribution in [3.05, 3.63) is 29.3 Å². The molecule has 0 spiro atoms. The van der Waals surface area contributed by atoms with Gasteiger partial charge in [-0.2, -0.15) is 4.31 Å². The molecule has 2 aliphatic rings. The first-order valence-electron chi connectivity index (χ1n) is 9.56. The lowest BCUT2D eigenvalue weighted by molar-refractivity contribution is -0.125. The minimum atomic E-state index is -3.69. The Labute approximate surface area is 161 Å². The molecule has 1 heterocycles. The SMILES string of the molecule is O=C(NC1CCCCCCC1)[C@H]1CCCN1S(=O)(=O)c1ccc(Cl)cc1. The van der Waals surface area contributed by atoms with Crippen molar-refractivity contribution in [1.29, 1.82) is 0 Å². The number of nitrogens with zero attached hydrogens (tertiary/aromatic N) is 1. The highest BCUT2D eigenvalue weighted by atomic mass is 35.5. The predicted octanol–water partition coefficient (Wildman–Crippen LogP) is 3.72. The largest absolute Gasteiger partial charge is 0.352 e. The molecule has 5 nitrogen and oxygen atoms in total. The van der Waals surface area contributed by atoms with Crippen molar-refractivity contribution in [3.8, 4) is 0 Å². The predicted molar refractivity (Wildman–Crippen MR) is 103 cm³/mol. The molecule has 1 aromatic carbocycles. The van der Waals surface area contributed by atoms with E-state index in [2.05, 4.69) is 5.32 Å². The van der Waals surface area contributed by atoms with E-state index in [0.717, 1.165) is 25.7 Å². The summed E-state index contributed by atoms with van der Waals surface area (Å²) >= 11 is 5.86. The Hall–Kier alpha value is -1.11. The van der Waals surface area contributed by atoms with Crippen LogP contribution in [0.15, 0.2) is 29.2 Å². The molecule has 2 fully saturated rings. The zero-order valence-corrected chi connectivity index (χ0v) is 16.6. The molecule has 1 N–H and O–H groups in total. The smallest absolute Gasteiger partial charge is 0.243 e. The van der Waals surface area contributed by atoms with Crippen LogP contribution in [0.1, 0.15) is 57.8 Å². The number of rotatable bonds is 4. The molecule has 1 atom stereocenters. The Morgan fingerprint density at radius 1 is 0.962 bits per heavy atom.